The summed E-state index contributed by atoms with van der Waals surface area (Å²) in [5.41, 5.74) is 0.493. The molecule has 0 aliphatic rings. The van der Waals surface area contributed by atoms with Crippen LogP contribution in [0.15, 0.2) is 12.4 Å². The summed E-state index contributed by atoms with van der Waals surface area (Å²) >= 11 is 0. The molecule has 0 aliphatic carbocycles. The Balaban J connectivity index is 2.68. The maximum atomic E-state index is 11.6. The van der Waals surface area contributed by atoms with Crippen LogP contribution in [-0.2, 0) is 6.54 Å². The van der Waals surface area contributed by atoms with Crippen LogP contribution in [0.3, 0.4) is 0 Å². The molecule has 0 fully saturated rings. The minimum atomic E-state index is -0.880. The van der Waals surface area contributed by atoms with E-state index in [9.17, 15) is 9.90 Å². The monoisotopic (exact) mass is 196 g/mol. The van der Waals surface area contributed by atoms with Crippen LogP contribution in [0.1, 0.15) is 37.0 Å². The molecule has 1 N–H and O–H groups in total. The van der Waals surface area contributed by atoms with Gasteiger partial charge < -0.3 is 5.11 Å². The van der Waals surface area contributed by atoms with Crippen molar-refractivity contribution in [2.45, 2.75) is 39.3 Å². The zero-order chi connectivity index (χ0) is 10.6. The first-order valence-corrected chi connectivity index (χ1v) is 4.93. The van der Waals surface area contributed by atoms with Crippen molar-refractivity contribution in [3.8, 4) is 0 Å². The van der Waals surface area contributed by atoms with E-state index in [-0.39, 0.29) is 5.78 Å². The molecule has 14 heavy (non-hydrogen) atoms. The third kappa shape index (κ3) is 2.42. The summed E-state index contributed by atoms with van der Waals surface area (Å²) in [5.74, 6) is -0.230. The number of carbonyl (C=O) groups excluding carboxylic acids is 1. The molecule has 1 heterocycles. The van der Waals surface area contributed by atoms with Gasteiger partial charge in [-0.15, -0.1) is 0 Å². The predicted molar refractivity (Wildman–Crippen MR) is 53.1 cm³/mol. The fourth-order valence-electron chi connectivity index (χ4n) is 1.26. The second-order valence-corrected chi connectivity index (χ2v) is 3.25. The summed E-state index contributed by atoms with van der Waals surface area (Å²) in [7, 11) is 0. The van der Waals surface area contributed by atoms with Crippen LogP contribution in [0.25, 0.3) is 0 Å². The van der Waals surface area contributed by atoms with Crippen molar-refractivity contribution in [2.24, 2.45) is 0 Å². The number of rotatable bonds is 5. The van der Waals surface area contributed by atoms with Crippen molar-refractivity contribution in [2.75, 3.05) is 0 Å². The van der Waals surface area contributed by atoms with E-state index in [0.717, 1.165) is 13.0 Å². The number of nitrogens with zero attached hydrogens (tertiary/aromatic N) is 2. The number of aliphatic hydroxyl groups is 1. The van der Waals surface area contributed by atoms with E-state index < -0.39 is 6.10 Å². The molecule has 0 aromatic carbocycles. The van der Waals surface area contributed by atoms with Crippen LogP contribution in [0, 0.1) is 0 Å². The summed E-state index contributed by atoms with van der Waals surface area (Å²) in [4.78, 5) is 11.6. The van der Waals surface area contributed by atoms with Gasteiger partial charge in [0.25, 0.3) is 0 Å². The Labute approximate surface area is 83.5 Å². The van der Waals surface area contributed by atoms with Gasteiger partial charge in [-0.3, -0.25) is 9.48 Å². The third-order valence-corrected chi connectivity index (χ3v) is 2.11. The summed E-state index contributed by atoms with van der Waals surface area (Å²) in [6.45, 7) is 4.62. The molecular formula is C10H16N2O2. The van der Waals surface area contributed by atoms with Crippen LogP contribution in [0.5, 0.6) is 0 Å². The Hall–Kier alpha value is -1.16. The maximum Gasteiger partial charge on any atom is 0.194 e. The highest BCUT2D eigenvalue weighted by Gasteiger charge is 2.17. The number of carbonyl (C=O) groups is 1. The number of Topliss-reactive ketones (excluding diaryl/α,β-unsaturated/α-hetero) is 1. The lowest BCUT2D eigenvalue weighted by Crippen LogP contribution is -2.19. The minimum Gasteiger partial charge on any atom is -0.385 e. The number of hydrogen-bond acceptors (Lipinski definition) is 3. The smallest absolute Gasteiger partial charge is 0.194 e. The lowest BCUT2D eigenvalue weighted by atomic mass is 10.1. The van der Waals surface area contributed by atoms with Gasteiger partial charge in [-0.05, 0) is 13.3 Å². The number of hydrogen-bond donors (Lipinski definition) is 1. The Bertz CT molecular complexity index is 307. The maximum absolute atomic E-state index is 11.6. The topological polar surface area (TPSA) is 55.1 Å². The van der Waals surface area contributed by atoms with Gasteiger partial charge in [-0.1, -0.05) is 13.3 Å². The van der Waals surface area contributed by atoms with Gasteiger partial charge in [0.15, 0.2) is 5.78 Å². The zero-order valence-corrected chi connectivity index (χ0v) is 8.60. The van der Waals surface area contributed by atoms with Crippen molar-refractivity contribution < 1.29 is 9.90 Å². The molecular weight excluding hydrogens is 180 g/mol. The molecule has 0 radical (unpaired) electrons. The van der Waals surface area contributed by atoms with Gasteiger partial charge in [0, 0.05) is 12.7 Å². The largest absolute Gasteiger partial charge is 0.385 e. The molecule has 1 aromatic rings. The summed E-state index contributed by atoms with van der Waals surface area (Å²) in [5, 5.41) is 13.4. The van der Waals surface area contributed by atoms with Crippen LogP contribution < -0.4 is 0 Å². The van der Waals surface area contributed by atoms with Crippen molar-refractivity contribution >= 4 is 5.78 Å². The molecule has 0 amide bonds. The average molecular weight is 196 g/mol. The quantitative estimate of drug-likeness (QED) is 0.721. The standard InChI is InChI=1S/C10H16N2O2/c1-3-5-9(13)10(14)8-6-11-12(4-2)7-8/h6-7,9,13H,3-5H2,1-2H3. The van der Waals surface area contributed by atoms with E-state index in [4.69, 9.17) is 0 Å². The van der Waals surface area contributed by atoms with Gasteiger partial charge in [0.05, 0.1) is 11.8 Å². The molecule has 0 saturated heterocycles. The second-order valence-electron chi connectivity index (χ2n) is 3.25. The van der Waals surface area contributed by atoms with E-state index in [1.807, 2.05) is 13.8 Å². The highest BCUT2D eigenvalue weighted by atomic mass is 16.3. The van der Waals surface area contributed by atoms with E-state index >= 15 is 0 Å². The SMILES string of the molecule is CCCC(O)C(=O)c1cnn(CC)c1. The molecule has 0 aliphatic heterocycles. The Morgan fingerprint density at radius 1 is 1.64 bits per heavy atom. The lowest BCUT2D eigenvalue weighted by Gasteiger charge is -2.05. The second kappa shape index (κ2) is 4.91. The molecule has 0 bridgehead atoms. The number of aryl methyl sites for hydroxylation is 1. The first-order chi connectivity index (χ1) is 6.69. The number of aliphatic hydroxyl groups excluding tert-OH is 1. The van der Waals surface area contributed by atoms with Gasteiger partial charge in [0.2, 0.25) is 0 Å². The number of aromatic nitrogens is 2. The molecule has 1 rings (SSSR count). The van der Waals surface area contributed by atoms with Crippen molar-refractivity contribution in [3.05, 3.63) is 18.0 Å². The zero-order valence-electron chi connectivity index (χ0n) is 8.60. The molecule has 78 valence electrons. The highest BCUT2D eigenvalue weighted by molar-refractivity contribution is 5.98. The molecule has 4 nitrogen and oxygen atoms in total. The van der Waals surface area contributed by atoms with Crippen LogP contribution in [-0.4, -0.2) is 26.8 Å². The Morgan fingerprint density at radius 3 is 2.86 bits per heavy atom. The highest BCUT2D eigenvalue weighted by Crippen LogP contribution is 2.06. The first kappa shape index (κ1) is 10.9. The summed E-state index contributed by atoms with van der Waals surface area (Å²) in [6.07, 6.45) is 3.60. The molecule has 1 aromatic heterocycles. The fraction of sp³-hybridized carbons (Fsp3) is 0.600. The fourth-order valence-corrected chi connectivity index (χ4v) is 1.26. The predicted octanol–water partition coefficient (Wildman–Crippen LogP) is 1.25. The van der Waals surface area contributed by atoms with Gasteiger partial charge in [0.1, 0.15) is 6.10 Å². The third-order valence-electron chi connectivity index (χ3n) is 2.11. The normalized spacial score (nSPS) is 12.8. The van der Waals surface area contributed by atoms with Crippen molar-refractivity contribution in [1.29, 1.82) is 0 Å². The molecule has 0 saturated carbocycles. The van der Waals surface area contributed by atoms with E-state index in [2.05, 4.69) is 5.10 Å². The molecule has 4 heteroatoms. The summed E-state index contributed by atoms with van der Waals surface area (Å²) < 4.78 is 1.67. The average Bonchev–Trinajstić information content (AvgIpc) is 2.65. The van der Waals surface area contributed by atoms with E-state index in [1.165, 1.54) is 6.20 Å². The van der Waals surface area contributed by atoms with Crippen molar-refractivity contribution in [3.63, 3.8) is 0 Å². The Kier molecular flexibility index (Phi) is 3.83. The molecule has 0 spiro atoms. The minimum absolute atomic E-state index is 0.230. The number of ketones is 1. The molecule has 1 unspecified atom stereocenters. The van der Waals surface area contributed by atoms with E-state index in [1.54, 1.807) is 10.9 Å². The summed E-state index contributed by atoms with van der Waals surface area (Å²) in [6, 6.07) is 0. The first-order valence-electron chi connectivity index (χ1n) is 4.93. The van der Waals surface area contributed by atoms with Crippen molar-refractivity contribution in [1.82, 2.24) is 9.78 Å². The Morgan fingerprint density at radius 2 is 2.36 bits per heavy atom. The van der Waals surface area contributed by atoms with Crippen LogP contribution in [0.4, 0.5) is 0 Å². The van der Waals surface area contributed by atoms with Gasteiger partial charge in [-0.2, -0.15) is 5.10 Å². The van der Waals surface area contributed by atoms with Gasteiger partial charge in [-0.25, -0.2) is 0 Å². The van der Waals surface area contributed by atoms with Gasteiger partial charge >= 0.3 is 0 Å². The van der Waals surface area contributed by atoms with Crippen LogP contribution in [0.2, 0.25) is 0 Å². The molecule has 1 atom stereocenters. The van der Waals surface area contributed by atoms with E-state index in [0.29, 0.717) is 12.0 Å². The lowest BCUT2D eigenvalue weighted by molar-refractivity contribution is 0.0729. The van der Waals surface area contributed by atoms with Crippen LogP contribution >= 0.6 is 0 Å².